The molecule has 1 rings (SSSR count). The Bertz CT molecular complexity index is 236. The number of carbonyl (C=O) groups is 1. The number of piperazine rings is 1. The quantitative estimate of drug-likeness (QED) is 0.726. The van der Waals surface area contributed by atoms with Gasteiger partial charge in [-0.2, -0.15) is 0 Å². The van der Waals surface area contributed by atoms with Crippen LogP contribution in [-0.4, -0.2) is 61.6 Å². The Morgan fingerprint density at radius 2 is 1.76 bits per heavy atom. The van der Waals surface area contributed by atoms with Crippen molar-refractivity contribution in [3.63, 3.8) is 0 Å². The van der Waals surface area contributed by atoms with Gasteiger partial charge in [0.15, 0.2) is 0 Å². The Morgan fingerprint density at radius 3 is 2.24 bits per heavy atom. The summed E-state index contributed by atoms with van der Waals surface area (Å²) in [6, 6.07) is 0. The molecule has 0 bridgehead atoms. The number of nitrogens with zero attached hydrogens (tertiary/aromatic N) is 2. The molecule has 1 amide bonds. The largest absolute Gasteiger partial charge is 0.372 e. The van der Waals surface area contributed by atoms with Crippen molar-refractivity contribution in [3.8, 4) is 0 Å². The molecule has 17 heavy (non-hydrogen) atoms. The molecule has 4 nitrogen and oxygen atoms in total. The minimum atomic E-state index is -0.308. The zero-order valence-corrected chi connectivity index (χ0v) is 11.6. The average Bonchev–Trinajstić information content (AvgIpc) is 2.35. The molecule has 0 radical (unpaired) electrons. The molecule has 0 saturated carbocycles. The van der Waals surface area contributed by atoms with Gasteiger partial charge in [0.2, 0.25) is 0 Å². The normalized spacial score (nSPS) is 19.7. The number of methoxy groups -OCH3 is 1. The van der Waals surface area contributed by atoms with Crippen LogP contribution in [0.2, 0.25) is 0 Å². The predicted octanol–water partition coefficient (Wildman–Crippen LogP) is 1.21. The van der Waals surface area contributed by atoms with E-state index in [0.29, 0.717) is 0 Å². The Balaban J connectivity index is 2.28. The highest BCUT2D eigenvalue weighted by Gasteiger charge is 2.24. The van der Waals surface area contributed by atoms with Crippen molar-refractivity contribution in [2.24, 2.45) is 5.92 Å². The smallest absolute Gasteiger partial charge is 0.251 e. The first kappa shape index (κ1) is 14.5. The van der Waals surface area contributed by atoms with E-state index in [1.54, 1.807) is 7.11 Å². The van der Waals surface area contributed by atoms with E-state index in [1.807, 2.05) is 11.8 Å². The third kappa shape index (κ3) is 4.64. The van der Waals surface area contributed by atoms with Crippen molar-refractivity contribution in [2.45, 2.75) is 33.3 Å². The van der Waals surface area contributed by atoms with Crippen molar-refractivity contribution in [2.75, 3.05) is 39.8 Å². The zero-order valence-electron chi connectivity index (χ0n) is 11.6. The molecule has 0 aromatic carbocycles. The summed E-state index contributed by atoms with van der Waals surface area (Å²) in [5.41, 5.74) is 0. The number of hydrogen-bond acceptors (Lipinski definition) is 3. The highest BCUT2D eigenvalue weighted by molar-refractivity contribution is 5.80. The van der Waals surface area contributed by atoms with Crippen LogP contribution in [0.15, 0.2) is 0 Å². The van der Waals surface area contributed by atoms with E-state index < -0.39 is 0 Å². The maximum Gasteiger partial charge on any atom is 0.251 e. The van der Waals surface area contributed by atoms with Crippen LogP contribution in [0.25, 0.3) is 0 Å². The van der Waals surface area contributed by atoms with E-state index in [1.165, 1.54) is 6.42 Å². The molecule has 0 N–H and O–H groups in total. The van der Waals surface area contributed by atoms with Crippen LogP contribution in [0.1, 0.15) is 27.2 Å². The van der Waals surface area contributed by atoms with E-state index in [0.717, 1.165) is 38.6 Å². The van der Waals surface area contributed by atoms with Crippen molar-refractivity contribution in [3.05, 3.63) is 0 Å². The second-order valence-corrected chi connectivity index (χ2v) is 5.23. The van der Waals surface area contributed by atoms with Gasteiger partial charge in [0.25, 0.3) is 5.91 Å². The summed E-state index contributed by atoms with van der Waals surface area (Å²) in [6.45, 7) is 11.1. The van der Waals surface area contributed by atoms with E-state index in [4.69, 9.17) is 4.74 Å². The Morgan fingerprint density at radius 1 is 1.18 bits per heavy atom. The van der Waals surface area contributed by atoms with Gasteiger partial charge in [0, 0.05) is 33.3 Å². The third-order valence-electron chi connectivity index (χ3n) is 3.41. The van der Waals surface area contributed by atoms with Gasteiger partial charge in [-0.05, 0) is 25.8 Å². The van der Waals surface area contributed by atoms with Crippen LogP contribution in [0.3, 0.4) is 0 Å². The molecule has 1 saturated heterocycles. The van der Waals surface area contributed by atoms with Crippen LogP contribution in [0, 0.1) is 5.92 Å². The summed E-state index contributed by atoms with van der Waals surface area (Å²) in [7, 11) is 1.58. The zero-order chi connectivity index (χ0) is 12.8. The maximum absolute atomic E-state index is 11.9. The highest BCUT2D eigenvalue weighted by atomic mass is 16.5. The fourth-order valence-electron chi connectivity index (χ4n) is 1.99. The van der Waals surface area contributed by atoms with Gasteiger partial charge in [-0.1, -0.05) is 13.8 Å². The summed E-state index contributed by atoms with van der Waals surface area (Å²) in [6.07, 6.45) is 0.930. The molecule has 1 aliphatic heterocycles. The molecule has 0 aliphatic carbocycles. The summed E-state index contributed by atoms with van der Waals surface area (Å²) in [5.74, 6) is 0.874. The molecule has 100 valence electrons. The third-order valence-corrected chi connectivity index (χ3v) is 3.41. The number of rotatable bonds is 5. The van der Waals surface area contributed by atoms with Crippen LogP contribution in [-0.2, 0) is 9.53 Å². The molecule has 1 aliphatic rings. The standard InChI is InChI=1S/C13H26N2O2/c1-11(2)5-6-14-7-9-15(10-8-14)13(16)12(3)17-4/h11-12H,5-10H2,1-4H3. The summed E-state index contributed by atoms with van der Waals surface area (Å²) in [4.78, 5) is 16.2. The van der Waals surface area contributed by atoms with Gasteiger partial charge in [0.05, 0.1) is 0 Å². The minimum Gasteiger partial charge on any atom is -0.372 e. The van der Waals surface area contributed by atoms with Gasteiger partial charge in [-0.3, -0.25) is 9.69 Å². The Hall–Kier alpha value is -0.610. The number of amides is 1. The van der Waals surface area contributed by atoms with Crippen LogP contribution in [0.5, 0.6) is 0 Å². The topological polar surface area (TPSA) is 32.8 Å². The van der Waals surface area contributed by atoms with Crippen molar-refractivity contribution in [1.82, 2.24) is 9.80 Å². The molecule has 0 aromatic heterocycles. The van der Waals surface area contributed by atoms with E-state index in [9.17, 15) is 4.79 Å². The van der Waals surface area contributed by atoms with Gasteiger partial charge in [-0.15, -0.1) is 0 Å². The minimum absolute atomic E-state index is 0.121. The first-order valence-electron chi connectivity index (χ1n) is 6.58. The van der Waals surface area contributed by atoms with Crippen molar-refractivity contribution in [1.29, 1.82) is 0 Å². The van der Waals surface area contributed by atoms with E-state index in [2.05, 4.69) is 18.7 Å². The Kier molecular flexibility index (Phi) is 5.92. The summed E-state index contributed by atoms with van der Waals surface area (Å²) >= 11 is 0. The first-order valence-corrected chi connectivity index (χ1v) is 6.58. The number of ether oxygens (including phenoxy) is 1. The van der Waals surface area contributed by atoms with Gasteiger partial charge in [-0.25, -0.2) is 0 Å². The molecular weight excluding hydrogens is 216 g/mol. The molecule has 1 atom stereocenters. The molecule has 1 fully saturated rings. The average molecular weight is 242 g/mol. The van der Waals surface area contributed by atoms with Crippen LogP contribution >= 0.6 is 0 Å². The molecular formula is C13H26N2O2. The van der Waals surface area contributed by atoms with Crippen molar-refractivity contribution >= 4 is 5.91 Å². The lowest BCUT2D eigenvalue weighted by Gasteiger charge is -2.35. The maximum atomic E-state index is 11.9. The van der Waals surface area contributed by atoms with Crippen LogP contribution < -0.4 is 0 Å². The Labute approximate surface area is 105 Å². The second-order valence-electron chi connectivity index (χ2n) is 5.23. The first-order chi connectivity index (χ1) is 8.04. The molecule has 0 spiro atoms. The predicted molar refractivity (Wildman–Crippen MR) is 68.9 cm³/mol. The lowest BCUT2D eigenvalue weighted by Crippen LogP contribution is -2.51. The van der Waals surface area contributed by atoms with Crippen molar-refractivity contribution < 1.29 is 9.53 Å². The van der Waals surface area contributed by atoms with Gasteiger partial charge in [0.1, 0.15) is 6.10 Å². The fraction of sp³-hybridized carbons (Fsp3) is 0.923. The monoisotopic (exact) mass is 242 g/mol. The SMILES string of the molecule is COC(C)C(=O)N1CCN(CCC(C)C)CC1. The molecule has 1 heterocycles. The summed E-state index contributed by atoms with van der Waals surface area (Å²) < 4.78 is 5.07. The highest BCUT2D eigenvalue weighted by Crippen LogP contribution is 2.08. The lowest BCUT2D eigenvalue weighted by molar-refractivity contribution is -0.142. The second kappa shape index (κ2) is 6.97. The van der Waals surface area contributed by atoms with E-state index in [-0.39, 0.29) is 12.0 Å². The van der Waals surface area contributed by atoms with Crippen LogP contribution in [0.4, 0.5) is 0 Å². The number of carbonyl (C=O) groups excluding carboxylic acids is 1. The molecule has 1 unspecified atom stereocenters. The van der Waals surface area contributed by atoms with Gasteiger partial charge < -0.3 is 9.64 Å². The van der Waals surface area contributed by atoms with Gasteiger partial charge >= 0.3 is 0 Å². The fourth-order valence-corrected chi connectivity index (χ4v) is 1.99. The number of hydrogen-bond donors (Lipinski definition) is 0. The van der Waals surface area contributed by atoms with E-state index >= 15 is 0 Å². The summed E-state index contributed by atoms with van der Waals surface area (Å²) in [5, 5.41) is 0. The lowest BCUT2D eigenvalue weighted by atomic mass is 10.1. The molecule has 0 aromatic rings. The molecule has 4 heteroatoms.